The first-order chi connectivity index (χ1) is 11.6. The van der Waals surface area contributed by atoms with Crippen LogP contribution in [0.5, 0.6) is 11.8 Å². The van der Waals surface area contributed by atoms with E-state index in [1.807, 2.05) is 42.5 Å². The lowest BCUT2D eigenvalue weighted by Gasteiger charge is -2.34. The molecule has 1 heterocycles. The van der Waals surface area contributed by atoms with Gasteiger partial charge in [0.05, 0.1) is 5.69 Å². The summed E-state index contributed by atoms with van der Waals surface area (Å²) in [4.78, 5) is 12.2. The molecule has 0 unspecified atom stereocenters. The van der Waals surface area contributed by atoms with E-state index in [0.717, 1.165) is 29.2 Å². The van der Waals surface area contributed by atoms with Gasteiger partial charge in [-0.1, -0.05) is 30.3 Å². The Morgan fingerprint density at radius 2 is 1.67 bits per heavy atom. The van der Waals surface area contributed by atoms with Gasteiger partial charge in [-0.2, -0.15) is 0 Å². The van der Waals surface area contributed by atoms with E-state index in [0.29, 0.717) is 17.7 Å². The number of aromatic nitrogens is 1. The predicted molar refractivity (Wildman–Crippen MR) is 90.9 cm³/mol. The number of ketones is 1. The standard InChI is InChI=1S/C20H17NO3/c22-16-10-13-6-8-15(16)18-17(13)19(23)21(20(18)24)14-7-5-11-3-1-2-4-12(11)9-14/h1-5,7,9,13,15,23-24H,6,8,10H2/t13-,15+/m0/s1. The molecular weight excluding hydrogens is 302 g/mol. The van der Waals surface area contributed by atoms with Crippen LogP contribution >= 0.6 is 0 Å². The van der Waals surface area contributed by atoms with Crippen molar-refractivity contribution in [3.05, 3.63) is 53.6 Å². The summed E-state index contributed by atoms with van der Waals surface area (Å²) in [6.07, 6.45) is 2.15. The van der Waals surface area contributed by atoms with Crippen molar-refractivity contribution in [2.24, 2.45) is 0 Å². The van der Waals surface area contributed by atoms with Crippen LogP contribution in [-0.2, 0) is 4.79 Å². The topological polar surface area (TPSA) is 62.5 Å². The van der Waals surface area contributed by atoms with Crippen molar-refractivity contribution in [1.82, 2.24) is 4.57 Å². The van der Waals surface area contributed by atoms with Crippen molar-refractivity contribution in [2.45, 2.75) is 31.1 Å². The Morgan fingerprint density at radius 1 is 0.917 bits per heavy atom. The average molecular weight is 319 g/mol. The highest BCUT2D eigenvalue weighted by Crippen LogP contribution is 2.55. The normalized spacial score (nSPS) is 22.1. The van der Waals surface area contributed by atoms with Crippen LogP contribution in [0, 0.1) is 0 Å². The minimum atomic E-state index is -0.266. The van der Waals surface area contributed by atoms with Gasteiger partial charge in [-0.15, -0.1) is 0 Å². The van der Waals surface area contributed by atoms with Crippen molar-refractivity contribution in [3.8, 4) is 17.4 Å². The van der Waals surface area contributed by atoms with Gasteiger partial charge in [0, 0.05) is 23.5 Å². The van der Waals surface area contributed by atoms with Crippen LogP contribution in [-0.4, -0.2) is 20.6 Å². The van der Waals surface area contributed by atoms with Gasteiger partial charge >= 0.3 is 0 Å². The second-order valence-electron chi connectivity index (χ2n) is 6.84. The number of hydrogen-bond acceptors (Lipinski definition) is 3. The molecule has 4 heteroatoms. The van der Waals surface area contributed by atoms with E-state index in [4.69, 9.17) is 0 Å². The van der Waals surface area contributed by atoms with Gasteiger partial charge < -0.3 is 10.2 Å². The molecule has 0 radical (unpaired) electrons. The third kappa shape index (κ3) is 1.65. The molecule has 24 heavy (non-hydrogen) atoms. The highest BCUT2D eigenvalue weighted by atomic mass is 16.3. The zero-order valence-corrected chi connectivity index (χ0v) is 13.1. The molecule has 0 amide bonds. The highest BCUT2D eigenvalue weighted by molar-refractivity contribution is 5.92. The van der Waals surface area contributed by atoms with Crippen molar-refractivity contribution >= 4 is 16.6 Å². The Balaban J connectivity index is 1.76. The molecule has 120 valence electrons. The first kappa shape index (κ1) is 13.7. The van der Waals surface area contributed by atoms with Crippen LogP contribution in [0.2, 0.25) is 0 Å². The third-order valence-electron chi connectivity index (χ3n) is 5.58. The molecular formula is C20H17NO3. The molecule has 6 rings (SSSR count). The summed E-state index contributed by atoms with van der Waals surface area (Å²) in [5, 5.41) is 23.7. The summed E-state index contributed by atoms with van der Waals surface area (Å²) in [6, 6.07) is 13.8. The molecule has 0 spiro atoms. The number of nitrogens with zero attached hydrogens (tertiary/aromatic N) is 1. The maximum Gasteiger partial charge on any atom is 0.202 e. The fourth-order valence-corrected chi connectivity index (χ4v) is 4.46. The van der Waals surface area contributed by atoms with Crippen LogP contribution < -0.4 is 0 Å². The van der Waals surface area contributed by atoms with Gasteiger partial charge in [0.25, 0.3) is 0 Å². The number of carbonyl (C=O) groups is 1. The van der Waals surface area contributed by atoms with Gasteiger partial charge in [-0.3, -0.25) is 9.36 Å². The third-order valence-corrected chi connectivity index (χ3v) is 5.58. The summed E-state index contributed by atoms with van der Waals surface area (Å²) >= 11 is 0. The smallest absolute Gasteiger partial charge is 0.202 e. The molecule has 2 bridgehead atoms. The van der Waals surface area contributed by atoms with Crippen LogP contribution in [0.4, 0.5) is 0 Å². The molecule has 2 N–H and O–H groups in total. The first-order valence-electron chi connectivity index (χ1n) is 8.33. The number of aromatic hydroxyl groups is 2. The van der Waals surface area contributed by atoms with E-state index in [-0.39, 0.29) is 29.4 Å². The molecule has 1 aromatic heterocycles. The predicted octanol–water partition coefficient (Wildman–Crippen LogP) is 3.98. The zero-order valence-electron chi connectivity index (χ0n) is 13.1. The van der Waals surface area contributed by atoms with Crippen molar-refractivity contribution in [1.29, 1.82) is 0 Å². The number of Topliss-reactive ketones (excluding diaryl/α,β-unsaturated/α-hetero) is 1. The Bertz CT molecular complexity index is 1000. The van der Waals surface area contributed by atoms with E-state index in [1.165, 1.54) is 4.57 Å². The zero-order chi connectivity index (χ0) is 16.4. The Labute approximate surface area is 139 Å². The molecule has 4 nitrogen and oxygen atoms in total. The van der Waals surface area contributed by atoms with Crippen LogP contribution in [0.1, 0.15) is 42.2 Å². The van der Waals surface area contributed by atoms with Crippen molar-refractivity contribution in [2.75, 3.05) is 0 Å². The largest absolute Gasteiger partial charge is 0.494 e. The maximum atomic E-state index is 12.2. The Morgan fingerprint density at radius 3 is 2.46 bits per heavy atom. The lowest BCUT2D eigenvalue weighted by molar-refractivity contribution is -0.123. The van der Waals surface area contributed by atoms with Crippen LogP contribution in [0.25, 0.3) is 16.5 Å². The summed E-state index contributed by atoms with van der Waals surface area (Å²) in [5.74, 6) is 0.0490. The summed E-state index contributed by atoms with van der Waals surface area (Å²) < 4.78 is 1.49. The van der Waals surface area contributed by atoms with Crippen molar-refractivity contribution in [3.63, 3.8) is 0 Å². The quantitative estimate of drug-likeness (QED) is 0.713. The maximum absolute atomic E-state index is 12.2. The molecule has 1 fully saturated rings. The summed E-state index contributed by atoms with van der Waals surface area (Å²) in [6.45, 7) is 0. The minimum absolute atomic E-state index is 0.0144. The molecule has 1 saturated carbocycles. The van der Waals surface area contributed by atoms with E-state index >= 15 is 0 Å². The average Bonchev–Trinajstić information content (AvgIpc) is 2.88. The van der Waals surface area contributed by atoms with Gasteiger partial charge in [0.2, 0.25) is 11.8 Å². The Hall–Kier alpha value is -2.75. The van der Waals surface area contributed by atoms with Crippen LogP contribution in [0.3, 0.4) is 0 Å². The number of fused-ring (bicyclic) bond motifs is 3. The fourth-order valence-electron chi connectivity index (χ4n) is 4.46. The molecule has 2 aromatic carbocycles. The second-order valence-corrected chi connectivity index (χ2v) is 6.84. The summed E-state index contributed by atoms with van der Waals surface area (Å²) in [5.41, 5.74) is 2.13. The van der Waals surface area contributed by atoms with Gasteiger partial charge in [0.15, 0.2) is 0 Å². The first-order valence-corrected chi connectivity index (χ1v) is 8.33. The number of benzene rings is 2. The van der Waals surface area contributed by atoms with Crippen molar-refractivity contribution < 1.29 is 15.0 Å². The Kier molecular flexibility index (Phi) is 2.64. The highest BCUT2D eigenvalue weighted by Gasteiger charge is 2.45. The van der Waals surface area contributed by atoms with Gasteiger partial charge in [-0.25, -0.2) is 0 Å². The van der Waals surface area contributed by atoms with Gasteiger partial charge in [-0.05, 0) is 41.7 Å². The lowest BCUT2D eigenvalue weighted by Crippen LogP contribution is -2.28. The number of hydrogen-bond donors (Lipinski definition) is 2. The number of carbonyl (C=O) groups excluding carboxylic acids is 1. The van der Waals surface area contributed by atoms with E-state index in [9.17, 15) is 15.0 Å². The fraction of sp³-hybridized carbons (Fsp3) is 0.250. The summed E-state index contributed by atoms with van der Waals surface area (Å²) in [7, 11) is 0. The molecule has 0 saturated heterocycles. The van der Waals surface area contributed by atoms with E-state index < -0.39 is 0 Å². The molecule has 0 aliphatic heterocycles. The molecule has 3 aromatic rings. The number of rotatable bonds is 1. The molecule has 2 atom stereocenters. The SMILES string of the molecule is O=C1C[C@@H]2CC[C@H]1c1c2c(O)n(-c2ccc3ccccc3c2)c1O. The second kappa shape index (κ2) is 4.63. The lowest BCUT2D eigenvalue weighted by atomic mass is 9.67. The minimum Gasteiger partial charge on any atom is -0.494 e. The molecule has 3 aliphatic carbocycles. The van der Waals surface area contributed by atoms with Crippen LogP contribution in [0.15, 0.2) is 42.5 Å². The molecule has 3 aliphatic rings. The van der Waals surface area contributed by atoms with E-state index in [1.54, 1.807) is 0 Å². The monoisotopic (exact) mass is 319 g/mol. The van der Waals surface area contributed by atoms with Gasteiger partial charge in [0.1, 0.15) is 5.78 Å². The van der Waals surface area contributed by atoms with E-state index in [2.05, 4.69) is 0 Å².